The molecule has 0 radical (unpaired) electrons. The van der Waals surface area contributed by atoms with Crippen LogP contribution in [0.3, 0.4) is 0 Å². The fraction of sp³-hybridized carbons (Fsp3) is 0.438. The number of ketones is 1. The van der Waals surface area contributed by atoms with Gasteiger partial charge in [-0.3, -0.25) is 14.7 Å². The van der Waals surface area contributed by atoms with E-state index < -0.39 is 0 Å². The summed E-state index contributed by atoms with van der Waals surface area (Å²) in [6.07, 6.45) is 4.82. The highest BCUT2D eigenvalue weighted by molar-refractivity contribution is 5.83. The van der Waals surface area contributed by atoms with Crippen LogP contribution in [0.2, 0.25) is 0 Å². The first-order valence-electron chi connectivity index (χ1n) is 8.33. The van der Waals surface area contributed by atoms with E-state index in [4.69, 9.17) is 10.4 Å². The van der Waals surface area contributed by atoms with E-state index in [1.165, 1.54) is 0 Å². The molecule has 0 amide bonds. The van der Waals surface area contributed by atoms with Gasteiger partial charge >= 0.3 is 0 Å². The lowest BCUT2D eigenvalue weighted by molar-refractivity contribution is -0.121. The Kier molecular flexibility index (Phi) is 3.92. The zero-order chi connectivity index (χ0) is 17.4. The van der Waals surface area contributed by atoms with E-state index >= 15 is 0 Å². The fourth-order valence-corrected chi connectivity index (χ4v) is 3.31. The third-order valence-electron chi connectivity index (χ3n) is 4.58. The van der Waals surface area contributed by atoms with E-state index in [1.54, 1.807) is 6.20 Å². The maximum absolute atomic E-state index is 11.5. The zero-order valence-electron chi connectivity index (χ0n) is 14.0. The number of imidazole rings is 1. The number of likely N-dealkylation sites (tertiary alicyclic amines) is 1. The van der Waals surface area contributed by atoms with Gasteiger partial charge in [0.25, 0.3) is 0 Å². The van der Waals surface area contributed by atoms with E-state index in [0.29, 0.717) is 36.7 Å². The molecule has 1 aliphatic rings. The Morgan fingerprint density at radius 1 is 1.24 bits per heavy atom. The number of aryl methyl sites for hydroxylation is 1. The highest BCUT2D eigenvalue weighted by Crippen LogP contribution is 2.28. The normalized spacial score (nSPS) is 16.0. The molecule has 0 atom stereocenters. The molecule has 1 saturated heterocycles. The van der Waals surface area contributed by atoms with Crippen LogP contribution in [-0.2, 0) is 17.9 Å². The highest BCUT2D eigenvalue weighted by Gasteiger charge is 2.22. The number of piperidine rings is 1. The molecule has 9 nitrogen and oxygen atoms in total. The average Bonchev–Trinajstić information content (AvgIpc) is 3.20. The minimum atomic E-state index is 0.217. The third kappa shape index (κ3) is 2.76. The SMILES string of the molecule is CCn1c(-c2nonc2N)nc2cncc(CN3CCC(=O)CC3)c21. The van der Waals surface area contributed by atoms with Gasteiger partial charge in [-0.25, -0.2) is 9.61 Å². The Morgan fingerprint density at radius 2 is 2.04 bits per heavy atom. The summed E-state index contributed by atoms with van der Waals surface area (Å²) in [5, 5.41) is 7.53. The van der Waals surface area contributed by atoms with Gasteiger partial charge in [0.15, 0.2) is 17.3 Å². The van der Waals surface area contributed by atoms with Gasteiger partial charge in [0.1, 0.15) is 11.3 Å². The predicted molar refractivity (Wildman–Crippen MR) is 90.4 cm³/mol. The molecule has 1 fully saturated rings. The zero-order valence-corrected chi connectivity index (χ0v) is 14.0. The first-order chi connectivity index (χ1) is 12.2. The molecule has 0 aliphatic carbocycles. The number of nitrogens with two attached hydrogens (primary N) is 1. The van der Waals surface area contributed by atoms with Crippen LogP contribution < -0.4 is 5.73 Å². The van der Waals surface area contributed by atoms with Gasteiger partial charge in [-0.1, -0.05) is 0 Å². The minimum absolute atomic E-state index is 0.217. The van der Waals surface area contributed by atoms with Crippen molar-refractivity contribution in [3.8, 4) is 11.5 Å². The number of pyridine rings is 1. The summed E-state index contributed by atoms with van der Waals surface area (Å²) in [4.78, 5) is 22.7. The largest absolute Gasteiger partial charge is 0.379 e. The van der Waals surface area contributed by atoms with Crippen LogP contribution in [0.1, 0.15) is 25.3 Å². The van der Waals surface area contributed by atoms with Gasteiger partial charge in [0.05, 0.1) is 11.7 Å². The molecular weight excluding hydrogens is 322 g/mol. The first kappa shape index (κ1) is 15.7. The molecular formula is C16H19N7O2. The lowest BCUT2D eigenvalue weighted by Gasteiger charge is -2.26. The van der Waals surface area contributed by atoms with Crippen molar-refractivity contribution in [1.82, 2.24) is 29.7 Å². The van der Waals surface area contributed by atoms with Crippen LogP contribution in [0, 0.1) is 0 Å². The van der Waals surface area contributed by atoms with Crippen molar-refractivity contribution in [2.75, 3.05) is 18.8 Å². The molecule has 130 valence electrons. The molecule has 3 aromatic rings. The molecule has 0 bridgehead atoms. The number of aromatic nitrogens is 5. The van der Waals surface area contributed by atoms with Crippen LogP contribution in [0.15, 0.2) is 17.0 Å². The molecule has 4 rings (SSSR count). The molecule has 2 N–H and O–H groups in total. The second-order valence-corrected chi connectivity index (χ2v) is 6.16. The number of rotatable bonds is 4. The van der Waals surface area contributed by atoms with Crippen molar-refractivity contribution in [2.24, 2.45) is 0 Å². The molecule has 0 spiro atoms. The Morgan fingerprint density at radius 3 is 2.72 bits per heavy atom. The van der Waals surface area contributed by atoms with Crippen molar-refractivity contribution in [1.29, 1.82) is 0 Å². The lowest BCUT2D eigenvalue weighted by Crippen LogP contribution is -2.33. The Balaban J connectivity index is 1.77. The van der Waals surface area contributed by atoms with E-state index in [-0.39, 0.29) is 5.82 Å². The summed E-state index contributed by atoms with van der Waals surface area (Å²) in [5.41, 5.74) is 9.14. The molecule has 3 aromatic heterocycles. The molecule has 0 saturated carbocycles. The van der Waals surface area contributed by atoms with Crippen LogP contribution in [0.25, 0.3) is 22.6 Å². The van der Waals surface area contributed by atoms with Gasteiger partial charge in [-0.15, -0.1) is 0 Å². The number of carbonyl (C=O) groups excluding carboxylic acids is 1. The van der Waals surface area contributed by atoms with Crippen molar-refractivity contribution in [2.45, 2.75) is 32.9 Å². The van der Waals surface area contributed by atoms with Gasteiger partial charge < -0.3 is 10.3 Å². The van der Waals surface area contributed by atoms with Gasteiger partial charge in [-0.2, -0.15) is 0 Å². The highest BCUT2D eigenvalue weighted by atomic mass is 16.6. The average molecular weight is 341 g/mol. The van der Waals surface area contributed by atoms with E-state index in [0.717, 1.165) is 36.2 Å². The second kappa shape index (κ2) is 6.25. The van der Waals surface area contributed by atoms with Gasteiger partial charge in [0, 0.05) is 50.8 Å². The summed E-state index contributed by atoms with van der Waals surface area (Å²) in [5.74, 6) is 1.18. The number of fused-ring (bicyclic) bond motifs is 1. The first-order valence-corrected chi connectivity index (χ1v) is 8.33. The van der Waals surface area contributed by atoms with Gasteiger partial charge in [0.2, 0.25) is 0 Å². The quantitative estimate of drug-likeness (QED) is 0.753. The molecule has 1 aliphatic heterocycles. The number of Topliss-reactive ketones (excluding diaryl/α,β-unsaturated/α-hetero) is 1. The Hall–Kier alpha value is -2.81. The van der Waals surface area contributed by atoms with Crippen molar-refractivity contribution >= 4 is 22.6 Å². The van der Waals surface area contributed by atoms with Crippen LogP contribution in [0.4, 0.5) is 5.82 Å². The standard InChI is InChI=1S/C16H19N7O2/c1-2-23-14-10(9-22-5-3-11(24)4-6-22)7-18-8-12(14)19-16(23)13-15(17)21-25-20-13/h7-8H,2-6,9H2,1H3,(H2,17,21). The summed E-state index contributed by atoms with van der Waals surface area (Å²) in [6, 6.07) is 0. The van der Waals surface area contributed by atoms with Gasteiger partial charge in [-0.05, 0) is 17.2 Å². The molecule has 9 heteroatoms. The Labute approximate surface area is 143 Å². The topological polar surface area (TPSA) is 116 Å². The fourth-order valence-electron chi connectivity index (χ4n) is 3.31. The van der Waals surface area contributed by atoms with Crippen LogP contribution in [0.5, 0.6) is 0 Å². The predicted octanol–water partition coefficient (Wildman–Crippen LogP) is 1.25. The number of anilines is 1. The van der Waals surface area contributed by atoms with Crippen LogP contribution >= 0.6 is 0 Å². The number of nitrogen functional groups attached to an aromatic ring is 1. The second-order valence-electron chi connectivity index (χ2n) is 6.16. The lowest BCUT2D eigenvalue weighted by atomic mass is 10.1. The number of hydrogen-bond acceptors (Lipinski definition) is 8. The summed E-state index contributed by atoms with van der Waals surface area (Å²) >= 11 is 0. The third-order valence-corrected chi connectivity index (χ3v) is 4.58. The van der Waals surface area contributed by atoms with E-state index in [1.807, 2.05) is 13.1 Å². The maximum atomic E-state index is 11.5. The molecule has 0 aromatic carbocycles. The smallest absolute Gasteiger partial charge is 0.199 e. The Bertz CT molecular complexity index is 920. The molecule has 4 heterocycles. The minimum Gasteiger partial charge on any atom is -0.379 e. The van der Waals surface area contributed by atoms with Crippen LogP contribution in [-0.4, -0.2) is 48.6 Å². The van der Waals surface area contributed by atoms with E-state index in [9.17, 15) is 4.79 Å². The number of carbonyl (C=O) groups is 1. The van der Waals surface area contributed by atoms with Crippen molar-refractivity contribution in [3.05, 3.63) is 18.0 Å². The number of hydrogen-bond donors (Lipinski definition) is 1. The molecule has 25 heavy (non-hydrogen) atoms. The monoisotopic (exact) mass is 341 g/mol. The number of nitrogens with zero attached hydrogens (tertiary/aromatic N) is 6. The van der Waals surface area contributed by atoms with Crippen molar-refractivity contribution < 1.29 is 9.42 Å². The summed E-state index contributed by atoms with van der Waals surface area (Å²) < 4.78 is 6.78. The summed E-state index contributed by atoms with van der Waals surface area (Å²) in [6.45, 7) is 5.03. The molecule has 0 unspecified atom stereocenters. The maximum Gasteiger partial charge on any atom is 0.199 e. The summed E-state index contributed by atoms with van der Waals surface area (Å²) in [7, 11) is 0. The van der Waals surface area contributed by atoms with Crippen molar-refractivity contribution in [3.63, 3.8) is 0 Å². The van der Waals surface area contributed by atoms with E-state index in [2.05, 4.69) is 29.7 Å².